The summed E-state index contributed by atoms with van der Waals surface area (Å²) < 4.78 is 34.9. The molecule has 0 aromatic heterocycles. The Labute approximate surface area is 139 Å². The lowest BCUT2D eigenvalue weighted by Crippen LogP contribution is -2.30. The van der Waals surface area contributed by atoms with Crippen molar-refractivity contribution in [2.45, 2.75) is 63.6 Å². The summed E-state index contributed by atoms with van der Waals surface area (Å²) in [4.78, 5) is 0.156. The number of benzene rings is 1. The van der Waals surface area contributed by atoms with Crippen molar-refractivity contribution >= 4 is 10.1 Å². The van der Waals surface area contributed by atoms with E-state index in [0.29, 0.717) is 19.4 Å². The first-order valence-corrected chi connectivity index (χ1v) is 9.15. The Morgan fingerprint density at radius 2 is 1.57 bits per heavy atom. The SMILES string of the molecule is Cc1ccc(S(=O)(=O)OCCC(C)(C)OCCC(C)(C)O)cc1. The molecule has 6 heteroatoms. The summed E-state index contributed by atoms with van der Waals surface area (Å²) in [6, 6.07) is 6.55. The summed E-state index contributed by atoms with van der Waals surface area (Å²) >= 11 is 0. The maximum Gasteiger partial charge on any atom is 0.296 e. The standard InChI is InChI=1S/C17H28O5S/c1-14-6-8-15(9-7-14)23(19,20)22-13-11-17(4,5)21-12-10-16(2,3)18/h6-9,18H,10-13H2,1-5H3. The van der Waals surface area contributed by atoms with Crippen molar-refractivity contribution in [2.75, 3.05) is 13.2 Å². The summed E-state index contributed by atoms with van der Waals surface area (Å²) in [5, 5.41) is 9.66. The number of aryl methyl sites for hydroxylation is 1. The third kappa shape index (κ3) is 7.92. The van der Waals surface area contributed by atoms with Crippen molar-refractivity contribution in [3.63, 3.8) is 0 Å². The average Bonchev–Trinajstić information content (AvgIpc) is 2.36. The highest BCUT2D eigenvalue weighted by Gasteiger charge is 2.22. The zero-order valence-corrected chi connectivity index (χ0v) is 15.4. The molecule has 0 spiro atoms. The third-order valence-corrected chi connectivity index (χ3v) is 4.79. The van der Waals surface area contributed by atoms with Crippen LogP contribution in [-0.4, -0.2) is 37.9 Å². The largest absolute Gasteiger partial charge is 0.390 e. The van der Waals surface area contributed by atoms with Gasteiger partial charge < -0.3 is 9.84 Å². The van der Waals surface area contributed by atoms with Crippen LogP contribution in [0.5, 0.6) is 0 Å². The number of hydrogen-bond acceptors (Lipinski definition) is 5. The molecule has 0 aliphatic heterocycles. The zero-order chi connectivity index (χ0) is 17.7. The van der Waals surface area contributed by atoms with E-state index in [2.05, 4.69) is 0 Å². The molecule has 1 rings (SSSR count). The highest BCUT2D eigenvalue weighted by molar-refractivity contribution is 7.86. The predicted octanol–water partition coefficient (Wildman–Crippen LogP) is 3.05. The van der Waals surface area contributed by atoms with Crippen LogP contribution in [0.1, 0.15) is 46.1 Å². The van der Waals surface area contributed by atoms with Gasteiger partial charge in [0, 0.05) is 6.42 Å². The topological polar surface area (TPSA) is 72.8 Å². The first kappa shape index (κ1) is 20.1. The highest BCUT2D eigenvalue weighted by Crippen LogP contribution is 2.19. The molecule has 0 saturated carbocycles. The quantitative estimate of drug-likeness (QED) is 0.697. The molecule has 0 aliphatic carbocycles. The van der Waals surface area contributed by atoms with Gasteiger partial charge in [-0.1, -0.05) is 17.7 Å². The Kier molecular flexibility index (Phi) is 6.77. The van der Waals surface area contributed by atoms with E-state index in [1.165, 1.54) is 12.1 Å². The molecule has 0 aliphatic rings. The van der Waals surface area contributed by atoms with Gasteiger partial charge in [-0.15, -0.1) is 0 Å². The van der Waals surface area contributed by atoms with Gasteiger partial charge in [-0.05, 0) is 53.2 Å². The molecule has 0 bridgehead atoms. The van der Waals surface area contributed by atoms with Crippen LogP contribution in [0.4, 0.5) is 0 Å². The molecule has 0 atom stereocenters. The summed E-state index contributed by atoms with van der Waals surface area (Å²) in [5.74, 6) is 0. The normalized spacial score (nSPS) is 13.3. The minimum absolute atomic E-state index is 0.0473. The van der Waals surface area contributed by atoms with Crippen LogP contribution in [0.15, 0.2) is 29.2 Å². The van der Waals surface area contributed by atoms with Gasteiger partial charge in [-0.2, -0.15) is 8.42 Å². The van der Waals surface area contributed by atoms with Crippen LogP contribution < -0.4 is 0 Å². The Bertz CT molecular complexity index is 582. The Morgan fingerprint density at radius 1 is 1.00 bits per heavy atom. The summed E-state index contributed by atoms with van der Waals surface area (Å²) in [6.07, 6.45) is 0.947. The maximum absolute atomic E-state index is 12.1. The molecule has 5 nitrogen and oxygen atoms in total. The number of ether oxygens (including phenoxy) is 1. The van der Waals surface area contributed by atoms with Gasteiger partial charge in [0.15, 0.2) is 0 Å². The van der Waals surface area contributed by atoms with Crippen molar-refractivity contribution in [1.29, 1.82) is 0 Å². The minimum Gasteiger partial charge on any atom is -0.390 e. The van der Waals surface area contributed by atoms with Crippen molar-refractivity contribution in [1.82, 2.24) is 0 Å². The molecule has 0 unspecified atom stereocenters. The fraction of sp³-hybridized carbons (Fsp3) is 0.647. The molecule has 1 aromatic rings. The highest BCUT2D eigenvalue weighted by atomic mass is 32.2. The van der Waals surface area contributed by atoms with Gasteiger partial charge in [-0.3, -0.25) is 4.18 Å². The van der Waals surface area contributed by atoms with Crippen molar-refractivity contribution in [3.8, 4) is 0 Å². The van der Waals surface area contributed by atoms with Gasteiger partial charge in [0.2, 0.25) is 0 Å². The van der Waals surface area contributed by atoms with Crippen LogP contribution in [0.3, 0.4) is 0 Å². The van der Waals surface area contributed by atoms with Gasteiger partial charge in [-0.25, -0.2) is 0 Å². The van der Waals surface area contributed by atoms with E-state index >= 15 is 0 Å². The predicted molar refractivity (Wildman–Crippen MR) is 89.9 cm³/mol. The zero-order valence-electron chi connectivity index (χ0n) is 14.6. The molecule has 0 heterocycles. The van der Waals surface area contributed by atoms with E-state index < -0.39 is 21.3 Å². The first-order valence-electron chi connectivity index (χ1n) is 7.74. The van der Waals surface area contributed by atoms with E-state index in [1.54, 1.807) is 26.0 Å². The number of hydrogen-bond donors (Lipinski definition) is 1. The molecule has 0 saturated heterocycles. The second-order valence-electron chi connectivity index (χ2n) is 7.01. The van der Waals surface area contributed by atoms with Crippen LogP contribution in [-0.2, 0) is 19.0 Å². The monoisotopic (exact) mass is 344 g/mol. The molecular weight excluding hydrogens is 316 g/mol. The van der Waals surface area contributed by atoms with Crippen LogP contribution in [0, 0.1) is 6.92 Å². The molecular formula is C17H28O5S. The minimum atomic E-state index is -3.74. The van der Waals surface area contributed by atoms with Crippen molar-refractivity contribution in [3.05, 3.63) is 29.8 Å². The molecule has 132 valence electrons. The molecule has 0 amide bonds. The van der Waals surface area contributed by atoms with Crippen molar-refractivity contribution < 1.29 is 22.4 Å². The fourth-order valence-corrected chi connectivity index (χ4v) is 2.73. The second-order valence-corrected chi connectivity index (χ2v) is 8.63. The first-order chi connectivity index (χ1) is 10.4. The Hall–Kier alpha value is -0.950. The smallest absolute Gasteiger partial charge is 0.296 e. The van der Waals surface area contributed by atoms with E-state index in [1.807, 2.05) is 20.8 Å². The summed E-state index contributed by atoms with van der Waals surface area (Å²) in [7, 11) is -3.74. The molecule has 1 aromatic carbocycles. The van der Waals surface area contributed by atoms with E-state index in [9.17, 15) is 13.5 Å². The molecule has 0 fully saturated rings. The van der Waals surface area contributed by atoms with Crippen molar-refractivity contribution in [2.24, 2.45) is 0 Å². The van der Waals surface area contributed by atoms with E-state index in [0.717, 1.165) is 5.56 Å². The fourth-order valence-electron chi connectivity index (χ4n) is 1.82. The lowest BCUT2D eigenvalue weighted by atomic mass is 10.0. The molecule has 23 heavy (non-hydrogen) atoms. The lowest BCUT2D eigenvalue weighted by Gasteiger charge is -2.27. The van der Waals surface area contributed by atoms with Gasteiger partial charge in [0.25, 0.3) is 10.1 Å². The Balaban J connectivity index is 2.46. The molecule has 1 N–H and O–H groups in total. The van der Waals surface area contributed by atoms with Gasteiger partial charge in [0.1, 0.15) is 0 Å². The van der Waals surface area contributed by atoms with Gasteiger partial charge >= 0.3 is 0 Å². The number of aliphatic hydroxyl groups is 1. The van der Waals surface area contributed by atoms with Gasteiger partial charge in [0.05, 0.1) is 29.3 Å². The Morgan fingerprint density at radius 3 is 2.09 bits per heavy atom. The second kappa shape index (κ2) is 7.75. The van der Waals surface area contributed by atoms with Crippen LogP contribution in [0.25, 0.3) is 0 Å². The summed E-state index contributed by atoms with van der Waals surface area (Å²) in [6.45, 7) is 9.54. The summed E-state index contributed by atoms with van der Waals surface area (Å²) in [5.41, 5.74) is -0.305. The molecule has 0 radical (unpaired) electrons. The van der Waals surface area contributed by atoms with E-state index in [4.69, 9.17) is 8.92 Å². The average molecular weight is 344 g/mol. The van der Waals surface area contributed by atoms with E-state index in [-0.39, 0.29) is 11.5 Å². The lowest BCUT2D eigenvalue weighted by molar-refractivity contribution is -0.0543. The van der Waals surface area contributed by atoms with Crippen LogP contribution >= 0.6 is 0 Å². The van der Waals surface area contributed by atoms with Crippen LogP contribution in [0.2, 0.25) is 0 Å². The third-order valence-electron chi connectivity index (χ3n) is 3.46. The maximum atomic E-state index is 12.1. The number of rotatable bonds is 9.